The van der Waals surface area contributed by atoms with Crippen molar-refractivity contribution in [2.24, 2.45) is 0 Å². The molecule has 51 heavy (non-hydrogen) atoms. The Morgan fingerprint density at radius 2 is 1.22 bits per heavy atom. The molecule has 1 aliphatic carbocycles. The van der Waals surface area contributed by atoms with Crippen molar-refractivity contribution in [3.63, 3.8) is 0 Å². The lowest BCUT2D eigenvalue weighted by Gasteiger charge is -2.30. The van der Waals surface area contributed by atoms with Gasteiger partial charge in [0.2, 0.25) is 0 Å². The minimum Gasteiger partial charge on any atom is -0.456 e. The number of thioether (sulfide) groups is 1. The number of rotatable bonds is 5. The topological polar surface area (TPSA) is 51.8 Å². The average Bonchev–Trinajstić information content (AvgIpc) is 3.72. The summed E-state index contributed by atoms with van der Waals surface area (Å²) in [7, 11) is 0. The summed E-state index contributed by atoms with van der Waals surface area (Å²) in [5, 5.41) is 2.25. The Morgan fingerprint density at radius 1 is 0.569 bits per heavy atom. The quantitative estimate of drug-likeness (QED) is 0.182. The summed E-state index contributed by atoms with van der Waals surface area (Å²) in [6, 6.07) is 50.6. The van der Waals surface area contributed by atoms with E-state index in [-0.39, 0.29) is 10.7 Å². The van der Waals surface area contributed by atoms with Gasteiger partial charge < -0.3 is 4.42 Å². The van der Waals surface area contributed by atoms with Crippen LogP contribution in [0.2, 0.25) is 0 Å². The first kappa shape index (κ1) is 29.8. The predicted molar refractivity (Wildman–Crippen MR) is 209 cm³/mol. The van der Waals surface area contributed by atoms with E-state index < -0.39 is 0 Å². The third-order valence-electron chi connectivity index (χ3n) is 10.2. The summed E-state index contributed by atoms with van der Waals surface area (Å²) in [5.74, 6) is 1.91. The maximum atomic E-state index is 6.44. The second kappa shape index (κ2) is 11.8. The molecule has 8 aromatic rings. The molecule has 5 heteroatoms. The molecule has 1 aliphatic heterocycles. The largest absolute Gasteiger partial charge is 0.456 e. The lowest BCUT2D eigenvalue weighted by molar-refractivity contribution is 0.621. The molecule has 2 unspecified atom stereocenters. The maximum absolute atomic E-state index is 6.44. The molecule has 242 valence electrons. The Balaban J connectivity index is 1.20. The van der Waals surface area contributed by atoms with E-state index in [1.54, 1.807) is 0 Å². The van der Waals surface area contributed by atoms with Crippen molar-refractivity contribution >= 4 is 39.3 Å². The first-order valence-electron chi connectivity index (χ1n) is 17.2. The molecule has 0 saturated heterocycles. The van der Waals surface area contributed by atoms with Crippen molar-refractivity contribution in [3.8, 4) is 45.0 Å². The molecule has 2 aromatic heterocycles. The number of aromatic nitrogens is 3. The molecular weight excluding hydrogens is 643 g/mol. The Hall–Kier alpha value is -6.04. The average molecular weight is 674 g/mol. The molecule has 0 bridgehead atoms. The first-order valence-corrected chi connectivity index (χ1v) is 18.1. The second-order valence-corrected chi connectivity index (χ2v) is 14.5. The van der Waals surface area contributed by atoms with Gasteiger partial charge in [0.1, 0.15) is 11.2 Å². The van der Waals surface area contributed by atoms with E-state index in [9.17, 15) is 0 Å². The second-order valence-electron chi connectivity index (χ2n) is 13.3. The number of hydrogen-bond donors (Lipinski definition) is 0. The summed E-state index contributed by atoms with van der Waals surface area (Å²) >= 11 is 1.91. The van der Waals surface area contributed by atoms with Crippen LogP contribution in [0.1, 0.15) is 18.3 Å². The third-order valence-corrected chi connectivity index (χ3v) is 11.7. The Bertz CT molecular complexity index is 2680. The zero-order valence-corrected chi connectivity index (χ0v) is 28.6. The molecule has 4 nitrogen and oxygen atoms in total. The van der Waals surface area contributed by atoms with Gasteiger partial charge in [0, 0.05) is 43.0 Å². The van der Waals surface area contributed by atoms with Crippen molar-refractivity contribution in [3.05, 3.63) is 175 Å². The molecule has 2 atom stereocenters. The SMILES string of the molecule is CC12C=CC(c3nc(-c4ccccc4)nc(-c4c(-c5ccc(-c6ccccc6)cc5)ccc5oc6ccccc6c45)n3)=CC1Sc1ccccc12. The zero-order valence-electron chi connectivity index (χ0n) is 27.8. The van der Waals surface area contributed by atoms with Crippen LogP contribution in [0.5, 0.6) is 0 Å². The number of benzene rings is 6. The van der Waals surface area contributed by atoms with E-state index in [0.717, 1.165) is 49.8 Å². The van der Waals surface area contributed by atoms with Crippen LogP contribution in [0.3, 0.4) is 0 Å². The van der Waals surface area contributed by atoms with Crippen LogP contribution in [0.4, 0.5) is 0 Å². The van der Waals surface area contributed by atoms with Gasteiger partial charge >= 0.3 is 0 Å². The summed E-state index contributed by atoms with van der Waals surface area (Å²) < 4.78 is 6.44. The lowest BCUT2D eigenvalue weighted by Crippen LogP contribution is -2.29. The van der Waals surface area contributed by atoms with Crippen LogP contribution in [0.25, 0.3) is 72.5 Å². The van der Waals surface area contributed by atoms with Gasteiger partial charge in [-0.25, -0.2) is 15.0 Å². The van der Waals surface area contributed by atoms with Crippen LogP contribution < -0.4 is 0 Å². The van der Waals surface area contributed by atoms with Crippen molar-refractivity contribution in [2.75, 3.05) is 0 Å². The minimum atomic E-state index is -0.0940. The number of fused-ring (bicyclic) bond motifs is 6. The van der Waals surface area contributed by atoms with Crippen molar-refractivity contribution in [2.45, 2.75) is 22.5 Å². The molecule has 10 rings (SSSR count). The van der Waals surface area contributed by atoms with Crippen LogP contribution >= 0.6 is 11.8 Å². The van der Waals surface area contributed by atoms with Crippen molar-refractivity contribution < 1.29 is 4.42 Å². The van der Waals surface area contributed by atoms with Gasteiger partial charge in [-0.15, -0.1) is 11.8 Å². The molecule has 0 radical (unpaired) electrons. The number of furan rings is 1. The number of allylic oxidation sites excluding steroid dienone is 3. The van der Waals surface area contributed by atoms with Gasteiger partial charge in [-0.3, -0.25) is 0 Å². The molecule has 0 amide bonds. The van der Waals surface area contributed by atoms with Crippen LogP contribution in [0.15, 0.2) is 173 Å². The minimum absolute atomic E-state index is 0.0940. The molecule has 6 aromatic carbocycles. The van der Waals surface area contributed by atoms with E-state index >= 15 is 0 Å². The smallest absolute Gasteiger partial charge is 0.165 e. The summed E-state index contributed by atoms with van der Waals surface area (Å²) in [4.78, 5) is 17.1. The highest BCUT2D eigenvalue weighted by molar-refractivity contribution is 8.00. The Morgan fingerprint density at radius 3 is 2.04 bits per heavy atom. The number of para-hydroxylation sites is 1. The number of hydrogen-bond acceptors (Lipinski definition) is 5. The fourth-order valence-electron chi connectivity index (χ4n) is 7.54. The Labute approximate surface area is 300 Å². The van der Waals surface area contributed by atoms with Gasteiger partial charge in [0.15, 0.2) is 17.5 Å². The maximum Gasteiger partial charge on any atom is 0.165 e. The summed E-state index contributed by atoms with van der Waals surface area (Å²) in [6.45, 7) is 2.33. The van der Waals surface area contributed by atoms with Crippen LogP contribution in [-0.2, 0) is 5.41 Å². The van der Waals surface area contributed by atoms with E-state index in [2.05, 4.69) is 134 Å². The van der Waals surface area contributed by atoms with E-state index in [1.807, 2.05) is 48.2 Å². The molecule has 0 fully saturated rings. The van der Waals surface area contributed by atoms with E-state index in [4.69, 9.17) is 19.4 Å². The standard InChI is InChI=1S/C46H31N3OS/c1-46-27-26-33(28-40(46)51-39-19-11-9-17-36(39)46)44-47-43(32-14-6-3-7-15-32)48-45(49-44)42-34(24-25-38-41(42)35-16-8-10-18-37(35)50-38)31-22-20-30(21-23-31)29-12-4-2-5-13-29/h2-28,40H,1H3. The van der Waals surface area contributed by atoms with Crippen molar-refractivity contribution in [1.29, 1.82) is 0 Å². The molecular formula is C46H31N3OS. The first-order chi connectivity index (χ1) is 25.1. The molecule has 0 spiro atoms. The van der Waals surface area contributed by atoms with E-state index in [0.29, 0.717) is 17.5 Å². The highest BCUT2D eigenvalue weighted by atomic mass is 32.2. The van der Waals surface area contributed by atoms with E-state index in [1.165, 1.54) is 21.6 Å². The Kier molecular flexibility index (Phi) is 6.90. The van der Waals surface area contributed by atoms with Gasteiger partial charge in [0.05, 0.1) is 0 Å². The normalized spacial score (nSPS) is 17.7. The number of nitrogens with zero attached hydrogens (tertiary/aromatic N) is 3. The fraction of sp³-hybridized carbons (Fsp3) is 0.0652. The van der Waals surface area contributed by atoms with Gasteiger partial charge in [-0.2, -0.15) is 0 Å². The third kappa shape index (κ3) is 4.96. The van der Waals surface area contributed by atoms with Crippen LogP contribution in [0, 0.1) is 0 Å². The summed E-state index contributed by atoms with van der Waals surface area (Å²) in [6.07, 6.45) is 6.88. The fourth-order valence-corrected chi connectivity index (χ4v) is 9.06. The van der Waals surface area contributed by atoms with Crippen LogP contribution in [-0.4, -0.2) is 20.2 Å². The summed E-state index contributed by atoms with van der Waals surface area (Å²) in [5.41, 5.74) is 10.2. The molecule has 3 heterocycles. The van der Waals surface area contributed by atoms with Gasteiger partial charge in [-0.05, 0) is 52.1 Å². The zero-order chi connectivity index (χ0) is 33.9. The monoisotopic (exact) mass is 673 g/mol. The molecule has 2 aliphatic rings. The van der Waals surface area contributed by atoms with Gasteiger partial charge in [0.25, 0.3) is 0 Å². The predicted octanol–water partition coefficient (Wildman–Crippen LogP) is 11.8. The van der Waals surface area contributed by atoms with Gasteiger partial charge in [-0.1, -0.05) is 146 Å². The van der Waals surface area contributed by atoms with Crippen molar-refractivity contribution in [1.82, 2.24) is 15.0 Å². The lowest BCUT2D eigenvalue weighted by atomic mass is 9.76. The molecule has 0 N–H and O–H groups in total. The highest BCUT2D eigenvalue weighted by Crippen LogP contribution is 2.53. The highest BCUT2D eigenvalue weighted by Gasteiger charge is 2.42. The molecule has 0 saturated carbocycles.